The Morgan fingerprint density at radius 2 is 0.912 bits per heavy atom. The third-order valence-corrected chi connectivity index (χ3v) is 6.10. The second-order valence-electron chi connectivity index (χ2n) is 10.6. The molecule has 0 atom stereocenters. The summed E-state index contributed by atoms with van der Waals surface area (Å²) in [5, 5.41) is 0. The fourth-order valence-corrected chi connectivity index (χ4v) is 3.70. The van der Waals surface area contributed by atoms with Gasteiger partial charge in [0.1, 0.15) is 0 Å². The van der Waals surface area contributed by atoms with Crippen molar-refractivity contribution in [2.24, 2.45) is 11.8 Å². The lowest BCUT2D eigenvalue weighted by molar-refractivity contribution is -0.144. The lowest BCUT2D eigenvalue weighted by Crippen LogP contribution is -2.07. The van der Waals surface area contributed by atoms with Crippen molar-refractivity contribution in [2.45, 2.75) is 143 Å². The molecule has 0 aromatic rings. The van der Waals surface area contributed by atoms with E-state index in [0.29, 0.717) is 37.9 Å². The predicted molar refractivity (Wildman–Crippen MR) is 144 cm³/mol. The minimum Gasteiger partial charge on any atom is -0.466 e. The Kier molecular flexibility index (Phi) is 23.8. The van der Waals surface area contributed by atoms with Crippen molar-refractivity contribution in [1.82, 2.24) is 0 Å². The Morgan fingerprint density at radius 3 is 1.38 bits per heavy atom. The first-order valence-electron chi connectivity index (χ1n) is 14.4. The van der Waals surface area contributed by atoms with Crippen LogP contribution in [0.15, 0.2) is 12.2 Å². The first-order valence-corrected chi connectivity index (χ1v) is 14.4. The van der Waals surface area contributed by atoms with E-state index in [-0.39, 0.29) is 11.9 Å². The standard InChI is InChI=1S/C30H56O4/c1-27(2)23-25-33-29(31)21-19-17-15-13-11-9-7-5-6-8-10-12-14-16-18-20-22-30(32)34-26-24-28(3)4/h15,17,27-28H,5-14,16,18-26H2,1-4H3/b17-15+. The van der Waals surface area contributed by atoms with Crippen LogP contribution in [-0.4, -0.2) is 25.2 Å². The molecular formula is C30H56O4. The Bertz CT molecular complexity index is 496. The SMILES string of the molecule is CC(C)CCOC(=O)CC/C=C/CCCCCCCCCCCCCCC(=O)OCCC(C)C. The third kappa shape index (κ3) is 26.9. The number of carbonyl (C=O) groups excluding carboxylic acids is 2. The Labute approximate surface area is 211 Å². The summed E-state index contributed by atoms with van der Waals surface area (Å²) in [7, 11) is 0. The van der Waals surface area contributed by atoms with E-state index in [1.807, 2.05) is 0 Å². The van der Waals surface area contributed by atoms with Crippen molar-refractivity contribution in [3.8, 4) is 0 Å². The maximum Gasteiger partial charge on any atom is 0.306 e. The number of ether oxygens (including phenoxy) is 2. The maximum absolute atomic E-state index is 11.6. The topological polar surface area (TPSA) is 52.6 Å². The molecule has 0 heterocycles. The normalized spacial score (nSPS) is 11.6. The average Bonchev–Trinajstić information content (AvgIpc) is 2.77. The summed E-state index contributed by atoms with van der Waals surface area (Å²) < 4.78 is 10.5. The zero-order valence-corrected chi connectivity index (χ0v) is 23.1. The molecule has 0 rings (SSSR count). The Hall–Kier alpha value is -1.32. The van der Waals surface area contributed by atoms with Crippen molar-refractivity contribution < 1.29 is 19.1 Å². The number of hydrogen-bond acceptors (Lipinski definition) is 4. The molecule has 0 saturated heterocycles. The van der Waals surface area contributed by atoms with Gasteiger partial charge in [-0.3, -0.25) is 9.59 Å². The number of hydrogen-bond donors (Lipinski definition) is 0. The predicted octanol–water partition coefficient (Wildman–Crippen LogP) is 8.96. The van der Waals surface area contributed by atoms with E-state index < -0.39 is 0 Å². The smallest absolute Gasteiger partial charge is 0.306 e. The number of unbranched alkanes of at least 4 members (excludes halogenated alkanes) is 12. The molecule has 0 spiro atoms. The van der Waals surface area contributed by atoms with Gasteiger partial charge in [-0.2, -0.15) is 0 Å². The van der Waals surface area contributed by atoms with Crippen LogP contribution in [0.1, 0.15) is 143 Å². The van der Waals surface area contributed by atoms with Crippen LogP contribution in [0.5, 0.6) is 0 Å². The van der Waals surface area contributed by atoms with Gasteiger partial charge < -0.3 is 9.47 Å². The van der Waals surface area contributed by atoms with Gasteiger partial charge in [-0.15, -0.1) is 0 Å². The third-order valence-electron chi connectivity index (χ3n) is 6.10. The molecule has 0 fully saturated rings. The summed E-state index contributed by atoms with van der Waals surface area (Å²) in [5.41, 5.74) is 0. The molecular weight excluding hydrogens is 424 g/mol. The number of allylic oxidation sites excluding steroid dienone is 2. The van der Waals surface area contributed by atoms with E-state index in [4.69, 9.17) is 9.47 Å². The summed E-state index contributed by atoms with van der Waals surface area (Å²) >= 11 is 0. The van der Waals surface area contributed by atoms with Crippen LogP contribution < -0.4 is 0 Å². The molecule has 0 amide bonds. The van der Waals surface area contributed by atoms with Crippen LogP contribution in [0, 0.1) is 11.8 Å². The molecule has 0 aliphatic carbocycles. The summed E-state index contributed by atoms with van der Waals surface area (Å²) in [5.74, 6) is 1.08. The lowest BCUT2D eigenvalue weighted by atomic mass is 10.0. The number of carbonyl (C=O) groups is 2. The van der Waals surface area contributed by atoms with E-state index in [1.165, 1.54) is 64.2 Å². The molecule has 4 heteroatoms. The van der Waals surface area contributed by atoms with Crippen molar-refractivity contribution in [3.05, 3.63) is 12.2 Å². The fourth-order valence-electron chi connectivity index (χ4n) is 3.70. The molecule has 0 unspecified atom stereocenters. The van der Waals surface area contributed by atoms with Crippen molar-refractivity contribution in [1.29, 1.82) is 0 Å². The second-order valence-corrected chi connectivity index (χ2v) is 10.6. The highest BCUT2D eigenvalue weighted by molar-refractivity contribution is 5.69. The second kappa shape index (κ2) is 24.8. The van der Waals surface area contributed by atoms with E-state index in [1.54, 1.807) is 0 Å². The summed E-state index contributed by atoms with van der Waals surface area (Å²) in [6.07, 6.45) is 24.6. The zero-order valence-electron chi connectivity index (χ0n) is 23.1. The van der Waals surface area contributed by atoms with E-state index in [2.05, 4.69) is 39.8 Å². The first-order chi connectivity index (χ1) is 16.4. The Morgan fingerprint density at radius 1 is 0.529 bits per heavy atom. The highest BCUT2D eigenvalue weighted by Gasteiger charge is 2.04. The molecule has 0 aliphatic rings. The monoisotopic (exact) mass is 480 g/mol. The van der Waals surface area contributed by atoms with Gasteiger partial charge in [0.25, 0.3) is 0 Å². The molecule has 0 aliphatic heterocycles. The van der Waals surface area contributed by atoms with Gasteiger partial charge in [0.2, 0.25) is 0 Å². The zero-order chi connectivity index (χ0) is 25.3. The highest BCUT2D eigenvalue weighted by atomic mass is 16.5. The van der Waals surface area contributed by atoms with Gasteiger partial charge >= 0.3 is 11.9 Å². The van der Waals surface area contributed by atoms with Gasteiger partial charge in [-0.25, -0.2) is 0 Å². The minimum absolute atomic E-state index is 0.0221. The van der Waals surface area contributed by atoms with E-state index in [9.17, 15) is 9.59 Å². The van der Waals surface area contributed by atoms with Gasteiger partial charge in [-0.1, -0.05) is 104 Å². The molecule has 0 bridgehead atoms. The highest BCUT2D eigenvalue weighted by Crippen LogP contribution is 2.13. The molecule has 0 radical (unpaired) electrons. The van der Waals surface area contributed by atoms with E-state index in [0.717, 1.165) is 38.5 Å². The van der Waals surface area contributed by atoms with Crippen LogP contribution in [0.3, 0.4) is 0 Å². The number of rotatable bonds is 24. The van der Waals surface area contributed by atoms with Crippen molar-refractivity contribution in [3.63, 3.8) is 0 Å². The van der Waals surface area contributed by atoms with Crippen molar-refractivity contribution in [2.75, 3.05) is 13.2 Å². The molecule has 0 aromatic heterocycles. The molecule has 34 heavy (non-hydrogen) atoms. The molecule has 0 saturated carbocycles. The summed E-state index contributed by atoms with van der Waals surface area (Å²) in [6.45, 7) is 9.70. The maximum atomic E-state index is 11.6. The largest absolute Gasteiger partial charge is 0.466 e. The average molecular weight is 481 g/mol. The van der Waals surface area contributed by atoms with Crippen LogP contribution in [0.4, 0.5) is 0 Å². The quantitative estimate of drug-likeness (QED) is 0.0785. The summed E-state index contributed by atoms with van der Waals surface area (Å²) in [6, 6.07) is 0. The lowest BCUT2D eigenvalue weighted by Gasteiger charge is -2.06. The van der Waals surface area contributed by atoms with Crippen LogP contribution >= 0.6 is 0 Å². The van der Waals surface area contributed by atoms with Gasteiger partial charge in [0.05, 0.1) is 13.2 Å². The molecule has 0 aromatic carbocycles. The van der Waals surface area contributed by atoms with Crippen LogP contribution in [0.2, 0.25) is 0 Å². The Balaban J connectivity index is 3.24. The number of esters is 2. The van der Waals surface area contributed by atoms with Crippen LogP contribution in [-0.2, 0) is 19.1 Å². The summed E-state index contributed by atoms with van der Waals surface area (Å²) in [4.78, 5) is 23.2. The van der Waals surface area contributed by atoms with Gasteiger partial charge in [0, 0.05) is 12.8 Å². The fraction of sp³-hybridized carbons (Fsp3) is 0.867. The van der Waals surface area contributed by atoms with E-state index >= 15 is 0 Å². The molecule has 200 valence electrons. The minimum atomic E-state index is -0.0696. The molecule has 0 N–H and O–H groups in total. The molecule has 4 nitrogen and oxygen atoms in total. The van der Waals surface area contributed by atoms with Crippen molar-refractivity contribution >= 4 is 11.9 Å². The van der Waals surface area contributed by atoms with Crippen LogP contribution in [0.25, 0.3) is 0 Å². The first kappa shape index (κ1) is 32.7. The van der Waals surface area contributed by atoms with Gasteiger partial charge in [0.15, 0.2) is 0 Å². The van der Waals surface area contributed by atoms with Gasteiger partial charge in [-0.05, 0) is 50.4 Å².